The van der Waals surface area contributed by atoms with Crippen molar-refractivity contribution in [2.24, 2.45) is 0 Å². The van der Waals surface area contributed by atoms with Crippen LogP contribution in [-0.2, 0) is 14.9 Å². The fourth-order valence-corrected chi connectivity index (χ4v) is 5.95. The molecule has 0 saturated carbocycles. The number of esters is 1. The van der Waals surface area contributed by atoms with Gasteiger partial charge in [-0.15, -0.1) is 0 Å². The molecule has 2 aromatic rings. The van der Waals surface area contributed by atoms with Crippen LogP contribution < -0.4 is 33.9 Å². The molecule has 1 N–H and O–H groups in total. The predicted octanol–water partition coefficient (Wildman–Crippen LogP) is -2.41. The molecule has 0 amide bonds. The van der Waals surface area contributed by atoms with Crippen molar-refractivity contribution >= 4 is 49.8 Å². The fourth-order valence-electron chi connectivity index (χ4n) is 1.80. The van der Waals surface area contributed by atoms with Gasteiger partial charge in [0, 0.05) is 0 Å². The first kappa shape index (κ1) is 12.4. The molecule has 2 unspecified atom stereocenters. The second-order valence-corrected chi connectivity index (χ2v) is 9.39. The Balaban J connectivity index is 1.69. The van der Waals surface area contributed by atoms with Gasteiger partial charge in [-0.3, -0.25) is 0 Å². The molecule has 0 radical (unpaired) electrons. The van der Waals surface area contributed by atoms with E-state index in [1.54, 1.807) is 0 Å². The third-order valence-corrected chi connectivity index (χ3v) is 8.61. The SMILES string of the molecule is O=C(Oc1c2c3oc1cc3S(=O)(=O)O2)C(I)C1N[I-]1. The van der Waals surface area contributed by atoms with Gasteiger partial charge in [0.1, 0.15) is 0 Å². The van der Waals surface area contributed by atoms with Crippen molar-refractivity contribution in [2.45, 2.75) is 12.9 Å². The van der Waals surface area contributed by atoms with Crippen molar-refractivity contribution in [3.8, 4) is 11.5 Å². The van der Waals surface area contributed by atoms with E-state index in [1.165, 1.54) is 6.07 Å². The number of nitrogens with one attached hydrogen (secondary N) is 1. The van der Waals surface area contributed by atoms with Crippen molar-refractivity contribution in [2.75, 3.05) is 0 Å². The van der Waals surface area contributed by atoms with Gasteiger partial charge in [-0.25, -0.2) is 0 Å². The summed E-state index contributed by atoms with van der Waals surface area (Å²) in [5, 5.41) is 0. The van der Waals surface area contributed by atoms with Crippen LogP contribution in [0.3, 0.4) is 0 Å². The first-order chi connectivity index (χ1) is 8.97. The van der Waals surface area contributed by atoms with Crippen LogP contribution in [0.2, 0.25) is 0 Å². The van der Waals surface area contributed by atoms with Crippen LogP contribution in [-0.4, -0.2) is 22.4 Å². The summed E-state index contributed by atoms with van der Waals surface area (Å²) in [7, 11) is -3.80. The van der Waals surface area contributed by atoms with Crippen molar-refractivity contribution in [3.63, 3.8) is 0 Å². The van der Waals surface area contributed by atoms with Crippen LogP contribution in [0.15, 0.2) is 15.4 Å². The predicted molar refractivity (Wildman–Crippen MR) is 65.6 cm³/mol. The molecule has 2 bridgehead atoms. The third-order valence-electron chi connectivity index (χ3n) is 2.72. The standard InChI is InChI=1S/C9H4I2NO6S/c10-4(8-11-12-8)9(13)17-5-2-1-3-6(16-2)7(5)18-19(3,14)15/h1,4,8,12H/q-1. The number of carbonyl (C=O) groups excluding carboxylic acids is 1. The first-order valence-corrected chi connectivity index (χ1v) is 10.0. The number of furan rings is 2. The van der Waals surface area contributed by atoms with Gasteiger partial charge in [0.15, 0.2) is 0 Å². The van der Waals surface area contributed by atoms with Crippen molar-refractivity contribution < 1.29 is 48.0 Å². The monoisotopic (exact) mass is 508 g/mol. The average Bonchev–Trinajstić information content (AvgIpc) is 2.98. The van der Waals surface area contributed by atoms with E-state index in [9.17, 15) is 13.2 Å². The van der Waals surface area contributed by atoms with Crippen molar-refractivity contribution in [1.82, 2.24) is 3.53 Å². The van der Waals surface area contributed by atoms with Gasteiger partial charge in [0.2, 0.25) is 0 Å². The molecule has 102 valence electrons. The Morgan fingerprint density at radius 1 is 1.58 bits per heavy atom. The van der Waals surface area contributed by atoms with E-state index in [0.717, 1.165) is 0 Å². The Bertz CT molecular complexity index is 795. The van der Waals surface area contributed by atoms with Crippen LogP contribution in [0.25, 0.3) is 11.2 Å². The van der Waals surface area contributed by atoms with Gasteiger partial charge in [0.05, 0.1) is 0 Å². The van der Waals surface area contributed by atoms with Crippen molar-refractivity contribution in [3.05, 3.63) is 6.07 Å². The van der Waals surface area contributed by atoms with Gasteiger partial charge in [-0.1, -0.05) is 0 Å². The Hall–Kier alpha value is -0.340. The zero-order chi connectivity index (χ0) is 13.4. The van der Waals surface area contributed by atoms with Gasteiger partial charge in [0.25, 0.3) is 0 Å². The van der Waals surface area contributed by atoms with E-state index in [1.807, 2.05) is 22.6 Å². The summed E-state index contributed by atoms with van der Waals surface area (Å²) in [6.07, 6.45) is 0. The molecule has 0 aliphatic carbocycles. The fraction of sp³-hybridized carbons (Fsp3) is 0.222. The van der Waals surface area contributed by atoms with Crippen LogP contribution in [0, 0.1) is 0 Å². The van der Waals surface area contributed by atoms with E-state index >= 15 is 0 Å². The Kier molecular flexibility index (Phi) is 2.52. The number of hydrogen-bond donors (Lipinski definition) is 1. The van der Waals surface area contributed by atoms with Gasteiger partial charge >= 0.3 is 132 Å². The number of fused-ring (bicyclic) bond motifs is 1. The molecule has 2 aromatic heterocycles. The van der Waals surface area contributed by atoms with Crippen LogP contribution >= 0.6 is 22.6 Å². The van der Waals surface area contributed by atoms with Crippen LogP contribution in [0.4, 0.5) is 0 Å². The molecule has 2 aliphatic rings. The van der Waals surface area contributed by atoms with E-state index in [2.05, 4.69) is 3.53 Å². The quantitative estimate of drug-likeness (QED) is 0.0721. The van der Waals surface area contributed by atoms with Gasteiger partial charge in [-0.05, 0) is 0 Å². The van der Waals surface area contributed by atoms with Crippen LogP contribution in [0.5, 0.6) is 11.5 Å². The second kappa shape index (κ2) is 3.85. The maximum absolute atomic E-state index is 11.9. The number of hydrogen-bond acceptors (Lipinski definition) is 7. The van der Waals surface area contributed by atoms with E-state index in [0.29, 0.717) is 0 Å². The van der Waals surface area contributed by atoms with E-state index < -0.39 is 16.1 Å². The second-order valence-electron chi connectivity index (χ2n) is 3.94. The molecule has 7 nitrogen and oxygen atoms in total. The molecule has 10 heteroatoms. The number of halogens is 2. The molecule has 0 aromatic carbocycles. The number of ether oxygens (including phenoxy) is 1. The zero-order valence-corrected chi connectivity index (χ0v) is 14.0. The summed E-state index contributed by atoms with van der Waals surface area (Å²) in [6.45, 7) is 0. The molecule has 1 fully saturated rings. The molecular weight excluding hydrogens is 504 g/mol. The number of alkyl halides is 2. The average molecular weight is 508 g/mol. The molecular formula is C9H4I2NO6S-. The molecule has 19 heavy (non-hydrogen) atoms. The summed E-state index contributed by atoms with van der Waals surface area (Å²) in [6, 6.07) is 1.31. The molecule has 4 heterocycles. The Morgan fingerprint density at radius 3 is 3.00 bits per heavy atom. The normalized spacial score (nSPS) is 24.8. The zero-order valence-electron chi connectivity index (χ0n) is 8.85. The summed E-state index contributed by atoms with van der Waals surface area (Å²) >= 11 is 1.91. The third kappa shape index (κ3) is 1.76. The van der Waals surface area contributed by atoms with Gasteiger partial charge in [-0.2, -0.15) is 0 Å². The molecule has 4 rings (SSSR count). The Morgan fingerprint density at radius 2 is 2.32 bits per heavy atom. The molecule has 1 saturated heterocycles. The minimum atomic E-state index is -3.80. The number of benzene rings is 1. The molecule has 0 spiro atoms. The Labute approximate surface area is 131 Å². The topological polar surface area (TPSA) is 105 Å². The summed E-state index contributed by atoms with van der Waals surface area (Å²) in [5.74, 6) is -0.377. The molecule has 2 aliphatic heterocycles. The maximum atomic E-state index is 11.9. The first-order valence-electron chi connectivity index (χ1n) is 5.04. The number of carbonyl (C=O) groups is 1. The summed E-state index contributed by atoms with van der Waals surface area (Å²) < 4.78 is 41.5. The van der Waals surface area contributed by atoms with Crippen LogP contribution in [0.1, 0.15) is 0 Å². The minimum absolute atomic E-state index is 0.00181. The van der Waals surface area contributed by atoms with E-state index in [-0.39, 0.29) is 57.0 Å². The molecule has 2 atom stereocenters. The number of rotatable bonds is 3. The van der Waals surface area contributed by atoms with E-state index in [4.69, 9.17) is 13.3 Å². The summed E-state index contributed by atoms with van der Waals surface area (Å²) in [4.78, 5) is 11.9. The van der Waals surface area contributed by atoms with Crippen molar-refractivity contribution in [1.29, 1.82) is 0 Å². The summed E-state index contributed by atoms with van der Waals surface area (Å²) in [5.41, 5.74) is 0.344. The van der Waals surface area contributed by atoms with Gasteiger partial charge < -0.3 is 0 Å².